The van der Waals surface area contributed by atoms with E-state index in [0.717, 1.165) is 15.1 Å². The van der Waals surface area contributed by atoms with Crippen molar-refractivity contribution in [3.05, 3.63) is 33.3 Å². The summed E-state index contributed by atoms with van der Waals surface area (Å²) in [5.41, 5.74) is 1.01. The van der Waals surface area contributed by atoms with Gasteiger partial charge in [-0.15, -0.1) is 0 Å². The van der Waals surface area contributed by atoms with Gasteiger partial charge in [-0.25, -0.2) is 0 Å². The van der Waals surface area contributed by atoms with Crippen molar-refractivity contribution in [1.29, 1.82) is 0 Å². The van der Waals surface area contributed by atoms with Crippen molar-refractivity contribution in [2.24, 2.45) is 0 Å². The van der Waals surface area contributed by atoms with E-state index in [2.05, 4.69) is 15.9 Å². The van der Waals surface area contributed by atoms with Gasteiger partial charge in [0, 0.05) is 18.1 Å². The summed E-state index contributed by atoms with van der Waals surface area (Å²) < 4.78 is 0.850. The lowest BCUT2D eigenvalue weighted by atomic mass is 10.2. The van der Waals surface area contributed by atoms with Gasteiger partial charge in [-0.1, -0.05) is 17.7 Å². The fourth-order valence-corrected chi connectivity index (χ4v) is 1.45. The smallest absolute Gasteiger partial charge is 0.0548 e. The summed E-state index contributed by atoms with van der Waals surface area (Å²) >= 11 is 9.10. The fraction of sp³-hybridized carbons (Fsp3) is 0.250. The third kappa shape index (κ3) is 2.75. The summed E-state index contributed by atoms with van der Waals surface area (Å²) in [6.45, 7) is 0.496. The zero-order valence-corrected chi connectivity index (χ0v) is 8.93. The van der Waals surface area contributed by atoms with Crippen molar-refractivity contribution in [2.45, 2.75) is 6.54 Å². The van der Waals surface area contributed by atoms with Crippen LogP contribution in [0.15, 0.2) is 22.7 Å². The maximum Gasteiger partial charge on any atom is 0.0548 e. The molecule has 1 aromatic rings. The fourth-order valence-electron chi connectivity index (χ4n) is 0.902. The second kappa shape index (κ2) is 4.23. The van der Waals surface area contributed by atoms with Crippen molar-refractivity contribution >= 4 is 27.5 Å². The number of nitrogens with zero attached hydrogens (tertiary/aromatic N) is 1. The highest BCUT2D eigenvalue weighted by molar-refractivity contribution is 9.10. The number of halogens is 2. The Balaban J connectivity index is 2.82. The standard InChI is InChI=1S/C8H9BrClNO/c1-11(12)5-6-2-3-8(10)7(9)4-6/h2-4,12H,5H2,1H3. The lowest BCUT2D eigenvalue weighted by molar-refractivity contribution is -0.0731. The first-order chi connectivity index (χ1) is 5.59. The number of hydrogen-bond acceptors (Lipinski definition) is 2. The highest BCUT2D eigenvalue weighted by Crippen LogP contribution is 2.23. The van der Waals surface area contributed by atoms with Crippen LogP contribution in [0.3, 0.4) is 0 Å². The van der Waals surface area contributed by atoms with E-state index in [4.69, 9.17) is 16.8 Å². The predicted octanol–water partition coefficient (Wildman–Crippen LogP) is 2.92. The molecule has 0 saturated heterocycles. The molecule has 1 rings (SSSR count). The molecule has 4 heteroatoms. The van der Waals surface area contributed by atoms with Crippen LogP contribution in [-0.4, -0.2) is 17.3 Å². The Kier molecular flexibility index (Phi) is 3.53. The molecule has 0 fully saturated rings. The Labute approximate surface area is 84.8 Å². The number of rotatable bonds is 2. The Hall–Kier alpha value is -0.0900. The molecule has 0 saturated carbocycles. The molecule has 0 heterocycles. The van der Waals surface area contributed by atoms with E-state index in [1.54, 1.807) is 13.1 Å². The Morgan fingerprint density at radius 1 is 1.58 bits per heavy atom. The van der Waals surface area contributed by atoms with Crippen LogP contribution < -0.4 is 0 Å². The molecule has 0 aliphatic carbocycles. The lowest BCUT2D eigenvalue weighted by Crippen LogP contribution is -2.11. The van der Waals surface area contributed by atoms with E-state index in [1.807, 2.05) is 12.1 Å². The third-order valence-electron chi connectivity index (χ3n) is 1.40. The van der Waals surface area contributed by atoms with Gasteiger partial charge in [0.05, 0.1) is 5.02 Å². The summed E-state index contributed by atoms with van der Waals surface area (Å²) in [4.78, 5) is 0. The zero-order chi connectivity index (χ0) is 9.14. The van der Waals surface area contributed by atoms with Gasteiger partial charge in [-0.3, -0.25) is 0 Å². The van der Waals surface area contributed by atoms with Gasteiger partial charge < -0.3 is 5.21 Å². The lowest BCUT2D eigenvalue weighted by Gasteiger charge is -2.08. The van der Waals surface area contributed by atoms with Crippen LogP contribution in [0.25, 0.3) is 0 Å². The van der Waals surface area contributed by atoms with Crippen LogP contribution in [0.1, 0.15) is 5.56 Å². The van der Waals surface area contributed by atoms with Gasteiger partial charge in [0.15, 0.2) is 0 Å². The average Bonchev–Trinajstić information content (AvgIpc) is 1.96. The van der Waals surface area contributed by atoms with E-state index in [-0.39, 0.29) is 0 Å². The highest BCUT2D eigenvalue weighted by atomic mass is 79.9. The first-order valence-electron chi connectivity index (χ1n) is 3.43. The normalized spacial score (nSPS) is 10.8. The maximum absolute atomic E-state index is 8.95. The summed E-state index contributed by atoms with van der Waals surface area (Å²) in [5, 5.41) is 10.8. The van der Waals surface area contributed by atoms with E-state index >= 15 is 0 Å². The Bertz CT molecular complexity index is 278. The Morgan fingerprint density at radius 2 is 2.25 bits per heavy atom. The summed E-state index contributed by atoms with van der Waals surface area (Å²) in [5.74, 6) is 0. The molecule has 1 aromatic carbocycles. The maximum atomic E-state index is 8.95. The molecule has 0 radical (unpaired) electrons. The summed E-state index contributed by atoms with van der Waals surface area (Å²) in [6.07, 6.45) is 0. The molecule has 0 atom stereocenters. The molecule has 0 amide bonds. The SMILES string of the molecule is CN(O)Cc1ccc(Cl)c(Br)c1. The van der Waals surface area contributed by atoms with E-state index in [9.17, 15) is 0 Å². The van der Waals surface area contributed by atoms with Crippen LogP contribution in [-0.2, 0) is 6.54 Å². The van der Waals surface area contributed by atoms with Gasteiger partial charge in [-0.2, -0.15) is 5.06 Å². The van der Waals surface area contributed by atoms with Crippen molar-refractivity contribution in [3.8, 4) is 0 Å². The van der Waals surface area contributed by atoms with E-state index in [1.165, 1.54) is 0 Å². The van der Waals surface area contributed by atoms with Crippen molar-refractivity contribution in [2.75, 3.05) is 7.05 Å². The minimum atomic E-state index is 0.496. The molecule has 0 unspecified atom stereocenters. The molecule has 0 aliphatic heterocycles. The highest BCUT2D eigenvalue weighted by Gasteiger charge is 2.00. The van der Waals surface area contributed by atoms with Crippen LogP contribution >= 0.6 is 27.5 Å². The molecular weight excluding hydrogens is 241 g/mol. The minimum Gasteiger partial charge on any atom is -0.314 e. The van der Waals surface area contributed by atoms with E-state index < -0.39 is 0 Å². The zero-order valence-electron chi connectivity index (χ0n) is 6.59. The molecular formula is C8H9BrClNO. The van der Waals surface area contributed by atoms with Crippen LogP contribution in [0.2, 0.25) is 5.02 Å². The molecule has 0 aromatic heterocycles. The van der Waals surface area contributed by atoms with Crippen molar-refractivity contribution in [3.63, 3.8) is 0 Å². The second-order valence-electron chi connectivity index (χ2n) is 2.56. The second-order valence-corrected chi connectivity index (χ2v) is 3.83. The van der Waals surface area contributed by atoms with Crippen LogP contribution in [0.4, 0.5) is 0 Å². The molecule has 12 heavy (non-hydrogen) atoms. The molecule has 0 bridgehead atoms. The number of benzene rings is 1. The largest absolute Gasteiger partial charge is 0.314 e. The molecule has 66 valence electrons. The van der Waals surface area contributed by atoms with Gasteiger partial charge in [0.25, 0.3) is 0 Å². The monoisotopic (exact) mass is 249 g/mol. The quantitative estimate of drug-likeness (QED) is 0.816. The Morgan fingerprint density at radius 3 is 2.75 bits per heavy atom. The number of hydroxylamine groups is 2. The molecule has 0 spiro atoms. The van der Waals surface area contributed by atoms with Crippen LogP contribution in [0.5, 0.6) is 0 Å². The van der Waals surface area contributed by atoms with Gasteiger partial charge >= 0.3 is 0 Å². The van der Waals surface area contributed by atoms with E-state index in [0.29, 0.717) is 11.6 Å². The minimum absolute atomic E-state index is 0.496. The van der Waals surface area contributed by atoms with Gasteiger partial charge in [0.1, 0.15) is 0 Å². The first-order valence-corrected chi connectivity index (χ1v) is 4.60. The number of hydrogen-bond donors (Lipinski definition) is 1. The predicted molar refractivity (Wildman–Crippen MR) is 52.4 cm³/mol. The summed E-state index contributed by atoms with van der Waals surface area (Å²) in [6, 6.07) is 5.55. The topological polar surface area (TPSA) is 23.5 Å². The molecule has 0 aliphatic rings. The van der Waals surface area contributed by atoms with Crippen molar-refractivity contribution in [1.82, 2.24) is 5.06 Å². The van der Waals surface area contributed by atoms with Gasteiger partial charge in [-0.05, 0) is 33.6 Å². The third-order valence-corrected chi connectivity index (χ3v) is 2.61. The van der Waals surface area contributed by atoms with Gasteiger partial charge in [0.2, 0.25) is 0 Å². The summed E-state index contributed by atoms with van der Waals surface area (Å²) in [7, 11) is 1.60. The average molecular weight is 251 g/mol. The molecule has 1 N–H and O–H groups in total. The van der Waals surface area contributed by atoms with Crippen LogP contribution in [0, 0.1) is 0 Å². The van der Waals surface area contributed by atoms with Crippen molar-refractivity contribution < 1.29 is 5.21 Å². The first kappa shape index (κ1) is 9.99. The molecule has 2 nitrogen and oxygen atoms in total.